The Balaban J connectivity index is 1.86. The van der Waals surface area contributed by atoms with Crippen LogP contribution in [0, 0.1) is 0 Å². The largest absolute Gasteiger partial charge is 0.348 e. The van der Waals surface area contributed by atoms with E-state index in [0.717, 1.165) is 28.2 Å². The number of hydrogen-bond donors (Lipinski definition) is 1. The molecule has 3 aromatic rings. The van der Waals surface area contributed by atoms with Crippen molar-refractivity contribution in [2.45, 2.75) is 46.0 Å². The number of nitrogens with zero attached hydrogens (tertiary/aromatic N) is 2. The minimum absolute atomic E-state index is 0.190. The van der Waals surface area contributed by atoms with Gasteiger partial charge in [0.05, 0.1) is 16.8 Å². The maximum atomic E-state index is 13.6. The van der Waals surface area contributed by atoms with E-state index in [4.69, 9.17) is 0 Å². The molecule has 2 amide bonds. The number of imide groups is 1. The second kappa shape index (κ2) is 7.32. The first-order valence-corrected chi connectivity index (χ1v) is 10.0. The summed E-state index contributed by atoms with van der Waals surface area (Å²) in [6.45, 7) is 8.35. The maximum Gasteiger partial charge on any atom is 0.266 e. The van der Waals surface area contributed by atoms with Crippen LogP contribution in [-0.2, 0) is 6.42 Å². The molecule has 1 aliphatic rings. The van der Waals surface area contributed by atoms with Crippen LogP contribution < -0.4 is 4.90 Å². The van der Waals surface area contributed by atoms with Crippen molar-refractivity contribution in [1.29, 1.82) is 0 Å². The Bertz CT molecular complexity index is 1060. The first-order valence-electron chi connectivity index (χ1n) is 10.0. The van der Waals surface area contributed by atoms with Gasteiger partial charge in [0.1, 0.15) is 5.82 Å². The van der Waals surface area contributed by atoms with Crippen molar-refractivity contribution in [1.82, 2.24) is 9.97 Å². The summed E-state index contributed by atoms with van der Waals surface area (Å²) in [7, 11) is 0. The number of imidazole rings is 1. The Hall–Kier alpha value is -3.21. The summed E-state index contributed by atoms with van der Waals surface area (Å²) in [5, 5.41) is 0. The average molecular weight is 387 g/mol. The van der Waals surface area contributed by atoms with E-state index in [1.807, 2.05) is 30.3 Å². The Morgan fingerprint density at radius 3 is 2.17 bits per heavy atom. The molecule has 5 heteroatoms. The molecule has 148 valence electrons. The summed E-state index contributed by atoms with van der Waals surface area (Å²) >= 11 is 0. The van der Waals surface area contributed by atoms with E-state index in [2.05, 4.69) is 37.7 Å². The van der Waals surface area contributed by atoms with Gasteiger partial charge in [0, 0.05) is 18.8 Å². The Morgan fingerprint density at radius 1 is 0.931 bits per heavy atom. The Morgan fingerprint density at radius 2 is 1.59 bits per heavy atom. The van der Waals surface area contributed by atoms with E-state index in [9.17, 15) is 9.59 Å². The van der Waals surface area contributed by atoms with Crippen LogP contribution in [-0.4, -0.2) is 21.8 Å². The quantitative estimate of drug-likeness (QED) is 0.623. The van der Waals surface area contributed by atoms with Crippen LogP contribution >= 0.6 is 0 Å². The highest BCUT2D eigenvalue weighted by molar-refractivity contribution is 6.35. The molecule has 0 spiro atoms. The van der Waals surface area contributed by atoms with Gasteiger partial charge in [-0.2, -0.15) is 0 Å². The number of aromatic nitrogens is 2. The average Bonchev–Trinajstić information content (AvgIpc) is 3.28. The lowest BCUT2D eigenvalue weighted by Gasteiger charge is -2.25. The van der Waals surface area contributed by atoms with Gasteiger partial charge >= 0.3 is 0 Å². The van der Waals surface area contributed by atoms with Crippen molar-refractivity contribution in [3.8, 4) is 0 Å². The van der Waals surface area contributed by atoms with Crippen LogP contribution in [0.5, 0.6) is 0 Å². The number of hydrogen-bond acceptors (Lipinski definition) is 3. The van der Waals surface area contributed by atoms with Crippen molar-refractivity contribution in [2.24, 2.45) is 0 Å². The molecule has 2 heterocycles. The third kappa shape index (κ3) is 3.16. The van der Waals surface area contributed by atoms with Gasteiger partial charge in [0.15, 0.2) is 0 Å². The van der Waals surface area contributed by atoms with Crippen LogP contribution in [0.1, 0.15) is 82.8 Å². The number of para-hydroxylation sites is 1. The molecule has 5 nitrogen and oxygen atoms in total. The fraction of sp³-hybridized carbons (Fsp3) is 0.292. The molecule has 0 bridgehead atoms. The summed E-state index contributed by atoms with van der Waals surface area (Å²) in [6.07, 6.45) is 3.92. The Labute approximate surface area is 170 Å². The van der Waals surface area contributed by atoms with Gasteiger partial charge in [0.2, 0.25) is 0 Å². The van der Waals surface area contributed by atoms with E-state index >= 15 is 0 Å². The topological polar surface area (TPSA) is 66.1 Å². The number of rotatable bonds is 5. The molecule has 0 saturated carbocycles. The molecule has 1 aromatic heterocycles. The zero-order valence-corrected chi connectivity index (χ0v) is 17.2. The van der Waals surface area contributed by atoms with Gasteiger partial charge in [-0.05, 0) is 34.6 Å². The maximum absolute atomic E-state index is 13.6. The summed E-state index contributed by atoms with van der Waals surface area (Å²) in [5.74, 6) is 0.650. The number of amides is 2. The number of fused-ring (bicyclic) bond motifs is 1. The van der Waals surface area contributed by atoms with E-state index in [0.29, 0.717) is 17.5 Å². The smallest absolute Gasteiger partial charge is 0.266 e. The molecular weight excluding hydrogens is 362 g/mol. The summed E-state index contributed by atoms with van der Waals surface area (Å²) < 4.78 is 0. The lowest BCUT2D eigenvalue weighted by Crippen LogP contribution is -2.32. The molecule has 0 radical (unpaired) electrons. The van der Waals surface area contributed by atoms with Crippen LogP contribution in [0.25, 0.3) is 0 Å². The van der Waals surface area contributed by atoms with Crippen molar-refractivity contribution in [3.63, 3.8) is 0 Å². The van der Waals surface area contributed by atoms with E-state index in [-0.39, 0.29) is 23.7 Å². The number of benzene rings is 2. The monoisotopic (exact) mass is 387 g/mol. The van der Waals surface area contributed by atoms with Gasteiger partial charge in [-0.3, -0.25) is 9.59 Å². The normalized spacial score (nSPS) is 13.7. The molecular formula is C24H25N3O2. The molecule has 0 atom stereocenters. The third-order valence-electron chi connectivity index (χ3n) is 5.48. The number of carbonyl (C=O) groups is 2. The molecule has 4 rings (SSSR count). The van der Waals surface area contributed by atoms with Crippen molar-refractivity contribution in [3.05, 3.63) is 82.4 Å². The van der Waals surface area contributed by atoms with Gasteiger partial charge < -0.3 is 4.98 Å². The highest BCUT2D eigenvalue weighted by Crippen LogP contribution is 2.40. The summed E-state index contributed by atoms with van der Waals surface area (Å²) in [4.78, 5) is 35.7. The predicted octanol–water partition coefficient (Wildman–Crippen LogP) is 5.05. The fourth-order valence-electron chi connectivity index (χ4n) is 4.05. The lowest BCUT2D eigenvalue weighted by atomic mass is 9.92. The molecule has 0 unspecified atom stereocenters. The molecule has 2 aromatic carbocycles. The molecule has 0 fully saturated rings. The molecule has 1 aliphatic heterocycles. The highest BCUT2D eigenvalue weighted by Gasteiger charge is 2.40. The van der Waals surface area contributed by atoms with E-state index < -0.39 is 0 Å². The highest BCUT2D eigenvalue weighted by atomic mass is 16.2. The van der Waals surface area contributed by atoms with Gasteiger partial charge in [0.25, 0.3) is 11.8 Å². The second-order valence-electron chi connectivity index (χ2n) is 8.09. The van der Waals surface area contributed by atoms with Crippen molar-refractivity contribution in [2.75, 3.05) is 4.90 Å². The standard InChI is InChI=1S/C24H25N3O2/c1-14(2)17-8-6-9-18(15(3)4)22(17)27-23(28)19-10-5-7-16(21(19)24(27)29)13-20-25-11-12-26-20/h5-12,14-15H,13H2,1-4H3,(H,25,26). The molecule has 1 N–H and O–H groups in total. The van der Waals surface area contributed by atoms with E-state index in [1.54, 1.807) is 18.5 Å². The number of nitrogens with one attached hydrogen (secondary N) is 1. The SMILES string of the molecule is CC(C)c1cccc(C(C)C)c1N1C(=O)c2cccc(Cc3ncc[nH]3)c2C1=O. The van der Waals surface area contributed by atoms with Gasteiger partial charge in [-0.25, -0.2) is 9.88 Å². The summed E-state index contributed by atoms with van der Waals surface area (Å²) in [6, 6.07) is 11.5. The van der Waals surface area contributed by atoms with Gasteiger partial charge in [-0.1, -0.05) is 58.0 Å². The fourth-order valence-corrected chi connectivity index (χ4v) is 4.05. The second-order valence-corrected chi connectivity index (χ2v) is 8.09. The van der Waals surface area contributed by atoms with Crippen molar-refractivity contribution < 1.29 is 9.59 Å². The zero-order valence-electron chi connectivity index (χ0n) is 17.2. The zero-order chi connectivity index (χ0) is 20.7. The molecule has 0 saturated heterocycles. The molecule has 0 aliphatic carbocycles. The number of anilines is 1. The van der Waals surface area contributed by atoms with Crippen LogP contribution in [0.15, 0.2) is 48.8 Å². The predicted molar refractivity (Wildman–Crippen MR) is 114 cm³/mol. The lowest BCUT2D eigenvalue weighted by molar-refractivity contribution is 0.0925. The minimum atomic E-state index is -0.249. The summed E-state index contributed by atoms with van der Waals surface area (Å²) in [5.41, 5.74) is 4.53. The van der Waals surface area contributed by atoms with Gasteiger partial charge in [-0.15, -0.1) is 0 Å². The minimum Gasteiger partial charge on any atom is -0.348 e. The van der Waals surface area contributed by atoms with Crippen LogP contribution in [0.4, 0.5) is 5.69 Å². The number of carbonyl (C=O) groups excluding carboxylic acids is 2. The van der Waals surface area contributed by atoms with Crippen LogP contribution in [0.2, 0.25) is 0 Å². The molecule has 29 heavy (non-hydrogen) atoms. The number of aromatic amines is 1. The first-order chi connectivity index (χ1) is 13.9. The van der Waals surface area contributed by atoms with E-state index in [1.165, 1.54) is 4.90 Å². The van der Waals surface area contributed by atoms with Crippen LogP contribution in [0.3, 0.4) is 0 Å². The Kier molecular flexibility index (Phi) is 4.82. The number of H-pyrrole nitrogens is 1. The van der Waals surface area contributed by atoms with Crippen molar-refractivity contribution >= 4 is 17.5 Å². The first kappa shape index (κ1) is 19.1. The third-order valence-corrected chi connectivity index (χ3v) is 5.48.